The van der Waals surface area contributed by atoms with Crippen molar-refractivity contribution in [3.63, 3.8) is 0 Å². The molecule has 0 bridgehead atoms. The number of ether oxygens (including phenoxy) is 1. The lowest BCUT2D eigenvalue weighted by Crippen LogP contribution is -2.52. The van der Waals surface area contributed by atoms with Crippen molar-refractivity contribution < 1.29 is 47.9 Å². The second kappa shape index (κ2) is 24.8. The molecule has 0 aliphatic carbocycles. The fourth-order valence-corrected chi connectivity index (χ4v) is 5.31. The van der Waals surface area contributed by atoms with Gasteiger partial charge in [-0.05, 0) is 36.1 Å². The number of amides is 9. The zero-order chi connectivity index (χ0) is 42.3. The highest BCUT2D eigenvalue weighted by Gasteiger charge is 2.23. The quantitative estimate of drug-likeness (QED) is 0.0483. The van der Waals surface area contributed by atoms with Gasteiger partial charge in [-0.1, -0.05) is 48.9 Å². The van der Waals surface area contributed by atoms with Gasteiger partial charge in [-0.25, -0.2) is 4.79 Å². The van der Waals surface area contributed by atoms with Crippen molar-refractivity contribution in [2.45, 2.75) is 51.2 Å². The molecule has 312 valence electrons. The topological polar surface area (TPSA) is 268 Å². The molecule has 0 fully saturated rings. The zero-order valence-corrected chi connectivity index (χ0v) is 32.4. The standard InChI is InChI=1S/C39H51N9O10/c1-47(21-19-41-18-17-31(40)49)39(57)58-26-28-11-13-29(14-12-28)45-34(52)25-44-38(56)30(22-27-8-4-2-5-9-27)46-35(53)24-43-33(51)23-42-32(50)10-6-3-7-20-48-36(54)15-16-37(48)55/h2,4-5,8-9,11-16,30,41H,3,6-7,10,17-26H2,1H3,(H2,40,49)(H,42,50)(H,43,51)(H,44,56)(H,45,52)(H,46,53)/t30-/m0/s1. The van der Waals surface area contributed by atoms with Gasteiger partial charge in [0.05, 0.1) is 19.6 Å². The number of carbonyl (C=O) groups excluding carboxylic acids is 9. The van der Waals surface area contributed by atoms with Gasteiger partial charge in [-0.15, -0.1) is 0 Å². The highest BCUT2D eigenvalue weighted by atomic mass is 16.6. The lowest BCUT2D eigenvalue weighted by atomic mass is 10.1. The van der Waals surface area contributed by atoms with Crippen LogP contribution in [0.3, 0.4) is 0 Å². The molecule has 3 rings (SSSR count). The van der Waals surface area contributed by atoms with Crippen LogP contribution in [0.5, 0.6) is 0 Å². The summed E-state index contributed by atoms with van der Waals surface area (Å²) >= 11 is 0. The first-order chi connectivity index (χ1) is 27.8. The smallest absolute Gasteiger partial charge is 0.409 e. The van der Waals surface area contributed by atoms with Crippen LogP contribution >= 0.6 is 0 Å². The number of imide groups is 1. The number of likely N-dealkylation sites (N-methyl/N-ethyl adjacent to an activating group) is 1. The summed E-state index contributed by atoms with van der Waals surface area (Å²) in [4.78, 5) is 112. The molecule has 58 heavy (non-hydrogen) atoms. The maximum absolute atomic E-state index is 13.2. The first kappa shape index (κ1) is 45.8. The Morgan fingerprint density at radius 2 is 1.38 bits per heavy atom. The third kappa shape index (κ3) is 17.9. The number of carbonyl (C=O) groups is 9. The van der Waals surface area contributed by atoms with E-state index in [-0.39, 0.29) is 56.7 Å². The third-order valence-corrected chi connectivity index (χ3v) is 8.52. The molecule has 8 N–H and O–H groups in total. The molecule has 19 nitrogen and oxygen atoms in total. The first-order valence-corrected chi connectivity index (χ1v) is 18.7. The Morgan fingerprint density at radius 3 is 2.07 bits per heavy atom. The van der Waals surface area contributed by atoms with Gasteiger partial charge in [0.2, 0.25) is 35.4 Å². The molecular formula is C39H51N9O10. The summed E-state index contributed by atoms with van der Waals surface area (Å²) in [7, 11) is 1.58. The number of rotatable bonds is 25. The van der Waals surface area contributed by atoms with Crippen LogP contribution in [0.15, 0.2) is 66.7 Å². The van der Waals surface area contributed by atoms with E-state index < -0.39 is 54.8 Å². The van der Waals surface area contributed by atoms with Crippen molar-refractivity contribution in [3.05, 3.63) is 77.9 Å². The number of nitrogens with two attached hydrogens (primary N) is 1. The lowest BCUT2D eigenvalue weighted by molar-refractivity contribution is -0.137. The van der Waals surface area contributed by atoms with Crippen molar-refractivity contribution in [3.8, 4) is 0 Å². The van der Waals surface area contributed by atoms with Crippen LogP contribution in [0.25, 0.3) is 0 Å². The van der Waals surface area contributed by atoms with Gasteiger partial charge in [0.1, 0.15) is 12.6 Å². The zero-order valence-electron chi connectivity index (χ0n) is 32.4. The van der Waals surface area contributed by atoms with E-state index in [9.17, 15) is 43.2 Å². The highest BCUT2D eigenvalue weighted by molar-refractivity contribution is 6.12. The number of anilines is 1. The molecule has 1 aliphatic rings. The fraction of sp³-hybridized carbons (Fsp3) is 0.410. The molecule has 1 aliphatic heterocycles. The Hall–Kier alpha value is -6.63. The normalized spacial score (nSPS) is 12.3. The molecule has 1 heterocycles. The minimum Gasteiger partial charge on any atom is -0.445 e. The molecule has 2 aromatic rings. The molecule has 0 unspecified atom stereocenters. The largest absolute Gasteiger partial charge is 0.445 e. The first-order valence-electron chi connectivity index (χ1n) is 18.7. The Morgan fingerprint density at radius 1 is 0.724 bits per heavy atom. The van der Waals surface area contributed by atoms with Gasteiger partial charge in [0, 0.05) is 70.3 Å². The van der Waals surface area contributed by atoms with Crippen LogP contribution < -0.4 is 37.6 Å². The summed E-state index contributed by atoms with van der Waals surface area (Å²) in [5, 5.41) is 15.6. The van der Waals surface area contributed by atoms with E-state index in [1.807, 2.05) is 0 Å². The van der Waals surface area contributed by atoms with Crippen molar-refractivity contribution in [1.29, 1.82) is 0 Å². The van der Waals surface area contributed by atoms with Crippen LogP contribution in [0.4, 0.5) is 10.5 Å². The van der Waals surface area contributed by atoms with Crippen LogP contribution in [0.1, 0.15) is 43.2 Å². The monoisotopic (exact) mass is 805 g/mol. The Balaban J connectivity index is 1.36. The van der Waals surface area contributed by atoms with E-state index in [2.05, 4.69) is 31.9 Å². The van der Waals surface area contributed by atoms with Gasteiger partial charge in [-0.2, -0.15) is 0 Å². The van der Waals surface area contributed by atoms with E-state index in [1.54, 1.807) is 61.6 Å². The number of nitrogens with zero attached hydrogens (tertiary/aromatic N) is 2. The van der Waals surface area contributed by atoms with E-state index in [4.69, 9.17) is 10.5 Å². The molecule has 2 aromatic carbocycles. The van der Waals surface area contributed by atoms with Crippen molar-refractivity contribution in [2.75, 3.05) is 58.2 Å². The molecule has 1 atom stereocenters. The molecule has 19 heteroatoms. The van der Waals surface area contributed by atoms with Crippen LogP contribution in [0.2, 0.25) is 0 Å². The van der Waals surface area contributed by atoms with Gasteiger partial charge in [0.25, 0.3) is 11.8 Å². The van der Waals surface area contributed by atoms with Crippen LogP contribution in [-0.2, 0) is 56.1 Å². The van der Waals surface area contributed by atoms with Gasteiger partial charge in [0.15, 0.2) is 0 Å². The maximum Gasteiger partial charge on any atom is 0.409 e. The Labute approximate surface area is 335 Å². The van der Waals surface area contributed by atoms with E-state index in [0.29, 0.717) is 50.1 Å². The van der Waals surface area contributed by atoms with Crippen molar-refractivity contribution >= 4 is 59.0 Å². The molecule has 0 radical (unpaired) electrons. The number of hydrogen-bond donors (Lipinski definition) is 7. The summed E-state index contributed by atoms with van der Waals surface area (Å²) in [6.45, 7) is 0.241. The minimum absolute atomic E-state index is 0.00652. The summed E-state index contributed by atoms with van der Waals surface area (Å²) in [5.74, 6) is -3.97. The number of nitrogens with one attached hydrogen (secondary N) is 6. The minimum atomic E-state index is -1.09. The number of primary amides is 1. The van der Waals surface area contributed by atoms with Crippen LogP contribution in [0, 0.1) is 0 Å². The summed E-state index contributed by atoms with van der Waals surface area (Å²) < 4.78 is 5.31. The van der Waals surface area contributed by atoms with E-state index in [1.165, 1.54) is 17.1 Å². The molecule has 0 aromatic heterocycles. The molecule has 0 saturated carbocycles. The average Bonchev–Trinajstić information content (AvgIpc) is 3.53. The second-order valence-corrected chi connectivity index (χ2v) is 13.2. The van der Waals surface area contributed by atoms with Gasteiger partial charge < -0.3 is 47.3 Å². The number of benzene rings is 2. The van der Waals surface area contributed by atoms with E-state index >= 15 is 0 Å². The Kier molecular flexibility index (Phi) is 19.6. The molecule has 9 amide bonds. The molecular weight excluding hydrogens is 754 g/mol. The highest BCUT2D eigenvalue weighted by Crippen LogP contribution is 2.11. The number of hydrogen-bond acceptors (Lipinski definition) is 11. The SMILES string of the molecule is CN(CCNCCC(N)=O)C(=O)OCc1ccc(NC(=O)CNC(=O)[C@H](Cc2ccccc2)NC(=O)CNC(=O)CNC(=O)CCCCCN2C(=O)C=CC2=O)cc1. The average molecular weight is 806 g/mol. The summed E-state index contributed by atoms with van der Waals surface area (Å²) in [6.07, 6.45) is 3.94. The number of unbranched alkanes of at least 4 members (excludes halogenated alkanes) is 2. The predicted molar refractivity (Wildman–Crippen MR) is 210 cm³/mol. The molecule has 0 saturated heterocycles. The third-order valence-electron chi connectivity index (χ3n) is 8.52. The van der Waals surface area contributed by atoms with Gasteiger partial charge in [-0.3, -0.25) is 43.3 Å². The van der Waals surface area contributed by atoms with Gasteiger partial charge >= 0.3 is 6.09 Å². The Bertz CT molecular complexity index is 1770. The van der Waals surface area contributed by atoms with E-state index in [0.717, 1.165) is 10.5 Å². The van der Waals surface area contributed by atoms with Crippen LogP contribution in [-0.4, -0.2) is 122 Å². The maximum atomic E-state index is 13.2. The predicted octanol–water partition coefficient (Wildman–Crippen LogP) is -0.780. The second-order valence-electron chi connectivity index (χ2n) is 13.2. The summed E-state index contributed by atoms with van der Waals surface area (Å²) in [6, 6.07) is 14.4. The fourth-order valence-electron chi connectivity index (χ4n) is 5.31. The lowest BCUT2D eigenvalue weighted by Gasteiger charge is -2.19. The molecule has 0 spiro atoms. The van der Waals surface area contributed by atoms with Crippen molar-refractivity contribution in [2.24, 2.45) is 5.73 Å². The van der Waals surface area contributed by atoms with Crippen molar-refractivity contribution in [1.82, 2.24) is 36.4 Å². The summed E-state index contributed by atoms with van der Waals surface area (Å²) in [5.41, 5.74) is 6.93.